The first kappa shape index (κ1) is 17.0. The van der Waals surface area contributed by atoms with Crippen LogP contribution in [0.5, 0.6) is 0 Å². The fourth-order valence-corrected chi connectivity index (χ4v) is 3.21. The maximum atomic E-state index is 13.6. The normalized spacial score (nSPS) is 11.0. The van der Waals surface area contributed by atoms with Gasteiger partial charge in [-0.15, -0.1) is 0 Å². The van der Waals surface area contributed by atoms with Gasteiger partial charge < -0.3 is 0 Å². The highest BCUT2D eigenvalue weighted by molar-refractivity contribution is 5.78. The van der Waals surface area contributed by atoms with Crippen molar-refractivity contribution in [3.8, 4) is 5.69 Å². The lowest BCUT2D eigenvalue weighted by atomic mass is 10.2. The monoisotopic (exact) mass is 360 g/mol. The van der Waals surface area contributed by atoms with Gasteiger partial charge in [0, 0.05) is 0 Å². The summed E-state index contributed by atoms with van der Waals surface area (Å²) in [4.78, 5) is 26.2. The van der Waals surface area contributed by atoms with Crippen molar-refractivity contribution in [2.75, 3.05) is 0 Å². The second kappa shape index (κ2) is 6.68. The molecule has 1 aromatic heterocycles. The Morgan fingerprint density at radius 1 is 0.889 bits per heavy atom. The summed E-state index contributed by atoms with van der Waals surface area (Å²) in [6.07, 6.45) is 0. The van der Waals surface area contributed by atoms with Crippen molar-refractivity contribution in [2.45, 2.75) is 13.5 Å². The number of para-hydroxylation sites is 1. The number of rotatable bonds is 3. The summed E-state index contributed by atoms with van der Waals surface area (Å²) in [5.41, 5.74) is 1.90. The van der Waals surface area contributed by atoms with Gasteiger partial charge in [0.05, 0.1) is 23.1 Å². The molecule has 0 fully saturated rings. The van der Waals surface area contributed by atoms with Crippen LogP contribution in [-0.2, 0) is 6.54 Å². The second-order valence-electron chi connectivity index (χ2n) is 6.49. The van der Waals surface area contributed by atoms with Crippen LogP contribution in [0.25, 0.3) is 16.6 Å². The minimum atomic E-state index is -0.452. The minimum Gasteiger partial charge on any atom is -0.288 e. The van der Waals surface area contributed by atoms with Crippen molar-refractivity contribution in [3.05, 3.63) is 111 Å². The number of aromatic nitrogens is 2. The van der Waals surface area contributed by atoms with Crippen LogP contribution in [0.15, 0.2) is 82.4 Å². The summed E-state index contributed by atoms with van der Waals surface area (Å²) in [6.45, 7) is 2.11. The topological polar surface area (TPSA) is 44.0 Å². The Balaban J connectivity index is 2.01. The van der Waals surface area contributed by atoms with Crippen LogP contribution in [-0.4, -0.2) is 9.13 Å². The van der Waals surface area contributed by atoms with E-state index in [9.17, 15) is 14.0 Å². The molecule has 0 radical (unpaired) electrons. The number of hydrogen-bond acceptors (Lipinski definition) is 2. The quantitative estimate of drug-likeness (QED) is 0.560. The average molecular weight is 360 g/mol. The van der Waals surface area contributed by atoms with Crippen LogP contribution in [0.4, 0.5) is 4.39 Å². The lowest BCUT2D eigenvalue weighted by molar-refractivity contribution is 0.622. The Morgan fingerprint density at radius 2 is 1.63 bits per heavy atom. The smallest absolute Gasteiger partial charge is 0.288 e. The predicted octanol–water partition coefficient (Wildman–Crippen LogP) is 3.65. The first-order valence-electron chi connectivity index (χ1n) is 8.61. The molecule has 0 spiro atoms. The molecule has 0 aliphatic heterocycles. The highest BCUT2D eigenvalue weighted by Gasteiger charge is 2.14. The molecule has 4 rings (SSSR count). The zero-order valence-electron chi connectivity index (χ0n) is 14.7. The average Bonchev–Trinajstić information content (AvgIpc) is 2.67. The summed E-state index contributed by atoms with van der Waals surface area (Å²) < 4.78 is 16.3. The van der Waals surface area contributed by atoms with Gasteiger partial charge in [0.15, 0.2) is 0 Å². The second-order valence-corrected chi connectivity index (χ2v) is 6.49. The highest BCUT2D eigenvalue weighted by Crippen LogP contribution is 2.13. The third-order valence-corrected chi connectivity index (χ3v) is 4.57. The van der Waals surface area contributed by atoms with Gasteiger partial charge in [0.1, 0.15) is 5.82 Å². The highest BCUT2D eigenvalue weighted by atomic mass is 19.1. The number of halogens is 1. The Labute approximate surface area is 154 Å². The van der Waals surface area contributed by atoms with Crippen LogP contribution in [0.2, 0.25) is 0 Å². The summed E-state index contributed by atoms with van der Waals surface area (Å²) in [5, 5.41) is 0.439. The zero-order valence-corrected chi connectivity index (χ0v) is 14.7. The van der Waals surface area contributed by atoms with Crippen molar-refractivity contribution in [2.24, 2.45) is 0 Å². The van der Waals surface area contributed by atoms with Crippen LogP contribution in [0, 0.1) is 12.7 Å². The number of fused-ring (bicyclic) bond motifs is 1. The van der Waals surface area contributed by atoms with E-state index in [4.69, 9.17) is 0 Å². The number of nitrogens with zero attached hydrogens (tertiary/aromatic N) is 2. The summed E-state index contributed by atoms with van der Waals surface area (Å²) >= 11 is 0. The van der Waals surface area contributed by atoms with Crippen molar-refractivity contribution in [3.63, 3.8) is 0 Å². The zero-order chi connectivity index (χ0) is 19.0. The van der Waals surface area contributed by atoms with Gasteiger partial charge in [-0.25, -0.2) is 13.8 Å². The summed E-state index contributed by atoms with van der Waals surface area (Å²) in [6, 6.07) is 20.3. The van der Waals surface area contributed by atoms with Gasteiger partial charge >= 0.3 is 5.69 Å². The molecular weight excluding hydrogens is 343 g/mol. The van der Waals surface area contributed by atoms with E-state index in [1.807, 2.05) is 19.1 Å². The lowest BCUT2D eigenvalue weighted by Gasteiger charge is -2.14. The van der Waals surface area contributed by atoms with Crippen molar-refractivity contribution < 1.29 is 4.39 Å². The summed E-state index contributed by atoms with van der Waals surface area (Å²) in [5.74, 6) is -0.364. The van der Waals surface area contributed by atoms with Gasteiger partial charge in [0.2, 0.25) is 0 Å². The summed E-state index contributed by atoms with van der Waals surface area (Å²) in [7, 11) is 0. The SMILES string of the molecule is Cc1ccc(-n2c(=O)c3ccccc3n(Cc3cccc(F)c3)c2=O)cc1. The molecule has 0 amide bonds. The standard InChI is InChI=1S/C22H17FN2O2/c1-15-9-11-18(12-10-15)25-21(26)19-7-2-3-8-20(19)24(22(25)27)14-16-5-4-6-17(23)13-16/h2-13H,14H2,1H3. The molecule has 27 heavy (non-hydrogen) atoms. The van der Waals surface area contributed by atoms with Crippen LogP contribution in [0.3, 0.4) is 0 Å². The number of benzene rings is 3. The third-order valence-electron chi connectivity index (χ3n) is 4.57. The van der Waals surface area contributed by atoms with E-state index < -0.39 is 5.69 Å². The largest absolute Gasteiger partial charge is 0.336 e. The Hall–Kier alpha value is -3.47. The molecule has 0 saturated carbocycles. The predicted molar refractivity (Wildman–Crippen MR) is 104 cm³/mol. The molecule has 0 bridgehead atoms. The maximum Gasteiger partial charge on any atom is 0.336 e. The van der Waals surface area contributed by atoms with Crippen molar-refractivity contribution in [1.29, 1.82) is 0 Å². The molecule has 4 nitrogen and oxygen atoms in total. The van der Waals surface area contributed by atoms with Crippen molar-refractivity contribution in [1.82, 2.24) is 9.13 Å². The molecule has 0 aliphatic carbocycles. The Morgan fingerprint density at radius 3 is 2.37 bits per heavy atom. The Bertz CT molecular complexity index is 1250. The molecule has 4 aromatic rings. The van der Waals surface area contributed by atoms with E-state index in [0.29, 0.717) is 22.2 Å². The molecule has 3 aromatic carbocycles. The minimum absolute atomic E-state index is 0.170. The molecule has 0 atom stereocenters. The van der Waals surface area contributed by atoms with Gasteiger partial charge in [-0.05, 0) is 48.9 Å². The van der Waals surface area contributed by atoms with Gasteiger partial charge in [-0.3, -0.25) is 9.36 Å². The fraction of sp³-hybridized carbons (Fsp3) is 0.0909. The molecule has 1 heterocycles. The molecule has 0 saturated heterocycles. The number of hydrogen-bond donors (Lipinski definition) is 0. The van der Waals surface area contributed by atoms with E-state index in [2.05, 4.69) is 0 Å². The van der Waals surface area contributed by atoms with E-state index in [1.54, 1.807) is 48.5 Å². The van der Waals surface area contributed by atoms with Crippen LogP contribution in [0.1, 0.15) is 11.1 Å². The van der Waals surface area contributed by atoms with Gasteiger partial charge in [-0.2, -0.15) is 0 Å². The van der Waals surface area contributed by atoms with Crippen LogP contribution < -0.4 is 11.2 Å². The molecule has 0 aliphatic rings. The van der Waals surface area contributed by atoms with E-state index in [1.165, 1.54) is 21.3 Å². The number of aryl methyl sites for hydroxylation is 1. The van der Waals surface area contributed by atoms with E-state index in [0.717, 1.165) is 5.56 Å². The maximum absolute atomic E-state index is 13.6. The lowest BCUT2D eigenvalue weighted by Crippen LogP contribution is -2.39. The molecule has 0 N–H and O–H groups in total. The van der Waals surface area contributed by atoms with Gasteiger partial charge in [0.25, 0.3) is 5.56 Å². The van der Waals surface area contributed by atoms with E-state index in [-0.39, 0.29) is 17.9 Å². The van der Waals surface area contributed by atoms with Gasteiger partial charge in [-0.1, -0.05) is 42.0 Å². The Kier molecular flexibility index (Phi) is 4.20. The molecule has 0 unspecified atom stereocenters. The van der Waals surface area contributed by atoms with Crippen molar-refractivity contribution >= 4 is 10.9 Å². The molecular formula is C22H17FN2O2. The van der Waals surface area contributed by atoms with Crippen LogP contribution >= 0.6 is 0 Å². The first-order valence-corrected chi connectivity index (χ1v) is 8.61. The molecule has 134 valence electrons. The fourth-order valence-electron chi connectivity index (χ4n) is 3.21. The van der Waals surface area contributed by atoms with E-state index >= 15 is 0 Å². The third kappa shape index (κ3) is 3.08. The first-order chi connectivity index (χ1) is 13.0. The molecule has 5 heteroatoms.